The summed E-state index contributed by atoms with van der Waals surface area (Å²) in [5.74, 6) is 0.407. The first-order chi connectivity index (χ1) is 10.1. The number of anilines is 1. The first-order valence-corrected chi connectivity index (χ1v) is 8.99. The molecule has 6 nitrogen and oxygen atoms in total. The highest BCUT2D eigenvalue weighted by Crippen LogP contribution is 2.23. The highest BCUT2D eigenvalue weighted by Gasteiger charge is 2.30. The average molecular weight is 310 g/mol. The standard InChI is InChI=1S/C14H22N4O2S/c19-21(20,17-14-4-1-7-15-10-14)18-8-2-3-12(11-18)9-16-13-5-6-13/h1,4,7,10,12-13,16-17H,2-3,5-6,8-9,11H2. The number of pyridine rings is 1. The van der Waals surface area contributed by atoms with E-state index in [1.807, 2.05) is 0 Å². The maximum atomic E-state index is 12.4. The number of hydrogen-bond acceptors (Lipinski definition) is 4. The molecule has 0 aromatic carbocycles. The van der Waals surface area contributed by atoms with Crippen LogP contribution in [0, 0.1) is 5.92 Å². The van der Waals surface area contributed by atoms with Gasteiger partial charge in [-0.3, -0.25) is 9.71 Å². The summed E-state index contributed by atoms with van der Waals surface area (Å²) in [5.41, 5.74) is 0.510. The van der Waals surface area contributed by atoms with Crippen molar-refractivity contribution in [3.05, 3.63) is 24.5 Å². The van der Waals surface area contributed by atoms with Gasteiger partial charge in [0.1, 0.15) is 0 Å². The number of nitrogens with zero attached hydrogens (tertiary/aromatic N) is 2. The minimum Gasteiger partial charge on any atom is -0.314 e. The molecule has 2 N–H and O–H groups in total. The fraction of sp³-hybridized carbons (Fsp3) is 0.643. The van der Waals surface area contributed by atoms with Crippen molar-refractivity contribution in [2.75, 3.05) is 24.4 Å². The van der Waals surface area contributed by atoms with Crippen LogP contribution in [-0.4, -0.2) is 43.4 Å². The lowest BCUT2D eigenvalue weighted by Gasteiger charge is -2.32. The van der Waals surface area contributed by atoms with Crippen LogP contribution in [0.4, 0.5) is 5.69 Å². The molecule has 1 aromatic rings. The van der Waals surface area contributed by atoms with Crippen LogP contribution in [0.2, 0.25) is 0 Å². The molecular formula is C14H22N4O2S. The van der Waals surface area contributed by atoms with E-state index in [0.29, 0.717) is 30.7 Å². The second-order valence-corrected chi connectivity index (χ2v) is 7.57. The summed E-state index contributed by atoms with van der Waals surface area (Å²) in [5, 5.41) is 3.50. The molecule has 1 unspecified atom stereocenters. The van der Waals surface area contributed by atoms with Gasteiger partial charge in [-0.25, -0.2) is 0 Å². The molecule has 1 aliphatic heterocycles. The third-order valence-electron chi connectivity index (χ3n) is 4.00. The van der Waals surface area contributed by atoms with Crippen molar-refractivity contribution >= 4 is 15.9 Å². The first-order valence-electron chi connectivity index (χ1n) is 7.55. The lowest BCUT2D eigenvalue weighted by atomic mass is 10.00. The molecule has 0 bridgehead atoms. The molecule has 1 saturated heterocycles. The molecule has 21 heavy (non-hydrogen) atoms. The van der Waals surface area contributed by atoms with Gasteiger partial charge >= 0.3 is 10.2 Å². The third-order valence-corrected chi connectivity index (χ3v) is 5.51. The van der Waals surface area contributed by atoms with Crippen molar-refractivity contribution in [3.8, 4) is 0 Å². The highest BCUT2D eigenvalue weighted by molar-refractivity contribution is 7.90. The Hall–Kier alpha value is -1.18. The van der Waals surface area contributed by atoms with Gasteiger partial charge in [-0.2, -0.15) is 12.7 Å². The van der Waals surface area contributed by atoms with Gasteiger partial charge in [0, 0.05) is 25.3 Å². The molecule has 3 rings (SSSR count). The lowest BCUT2D eigenvalue weighted by Crippen LogP contribution is -2.45. The monoisotopic (exact) mass is 310 g/mol. The van der Waals surface area contributed by atoms with Gasteiger partial charge in [0.05, 0.1) is 11.9 Å². The van der Waals surface area contributed by atoms with Gasteiger partial charge in [-0.1, -0.05) is 0 Å². The van der Waals surface area contributed by atoms with Crippen LogP contribution in [0.15, 0.2) is 24.5 Å². The Morgan fingerprint density at radius 2 is 2.19 bits per heavy atom. The van der Waals surface area contributed by atoms with E-state index in [-0.39, 0.29) is 0 Å². The van der Waals surface area contributed by atoms with E-state index in [1.54, 1.807) is 22.6 Å². The van der Waals surface area contributed by atoms with Crippen molar-refractivity contribution in [1.29, 1.82) is 0 Å². The molecular weight excluding hydrogens is 288 g/mol. The summed E-state index contributed by atoms with van der Waals surface area (Å²) in [4.78, 5) is 3.93. The zero-order valence-electron chi connectivity index (χ0n) is 12.0. The number of nitrogens with one attached hydrogen (secondary N) is 2. The molecule has 1 aromatic heterocycles. The molecule has 116 valence electrons. The minimum absolute atomic E-state index is 0.407. The van der Waals surface area contributed by atoms with Crippen molar-refractivity contribution in [2.24, 2.45) is 5.92 Å². The molecule has 0 amide bonds. The van der Waals surface area contributed by atoms with Crippen LogP contribution < -0.4 is 10.0 Å². The lowest BCUT2D eigenvalue weighted by molar-refractivity contribution is 0.261. The van der Waals surface area contributed by atoms with Crippen molar-refractivity contribution in [3.63, 3.8) is 0 Å². The maximum absolute atomic E-state index is 12.4. The van der Waals surface area contributed by atoms with Crippen LogP contribution in [0.25, 0.3) is 0 Å². The van der Waals surface area contributed by atoms with Crippen LogP contribution in [0.3, 0.4) is 0 Å². The summed E-state index contributed by atoms with van der Waals surface area (Å²) in [6.45, 7) is 2.11. The quantitative estimate of drug-likeness (QED) is 0.828. The second-order valence-electron chi connectivity index (χ2n) is 5.90. The second kappa shape index (κ2) is 6.29. The van der Waals surface area contributed by atoms with Gasteiger partial charge in [0.25, 0.3) is 0 Å². The Labute approximate surface area is 126 Å². The molecule has 2 heterocycles. The Balaban J connectivity index is 1.58. The molecule has 1 atom stereocenters. The van der Waals surface area contributed by atoms with Gasteiger partial charge in [-0.05, 0) is 50.3 Å². The Kier molecular flexibility index (Phi) is 4.42. The maximum Gasteiger partial charge on any atom is 0.301 e. The smallest absolute Gasteiger partial charge is 0.301 e. The minimum atomic E-state index is -3.48. The number of aromatic nitrogens is 1. The van der Waals surface area contributed by atoms with Crippen LogP contribution in [-0.2, 0) is 10.2 Å². The molecule has 0 radical (unpaired) electrons. The molecule has 2 fully saturated rings. The predicted octanol–water partition coefficient (Wildman–Crippen LogP) is 1.20. The summed E-state index contributed by atoms with van der Waals surface area (Å²) in [6.07, 6.45) is 7.68. The fourth-order valence-corrected chi connectivity index (χ4v) is 3.99. The molecule has 0 spiro atoms. The average Bonchev–Trinajstić information content (AvgIpc) is 3.30. The SMILES string of the molecule is O=S(=O)(Nc1cccnc1)N1CCCC(CNC2CC2)C1. The van der Waals surface area contributed by atoms with E-state index >= 15 is 0 Å². The normalized spacial score (nSPS) is 23.9. The fourth-order valence-electron chi connectivity index (χ4n) is 2.67. The summed E-state index contributed by atoms with van der Waals surface area (Å²) in [7, 11) is -3.48. The molecule has 1 aliphatic carbocycles. The Morgan fingerprint density at radius 3 is 2.90 bits per heavy atom. The zero-order valence-corrected chi connectivity index (χ0v) is 12.8. The van der Waals surface area contributed by atoms with E-state index in [9.17, 15) is 8.42 Å². The van der Waals surface area contributed by atoms with Crippen LogP contribution in [0.5, 0.6) is 0 Å². The molecule has 2 aliphatic rings. The highest BCUT2D eigenvalue weighted by atomic mass is 32.2. The van der Waals surface area contributed by atoms with Gasteiger partial charge < -0.3 is 5.32 Å². The number of hydrogen-bond donors (Lipinski definition) is 2. The van der Waals surface area contributed by atoms with Crippen molar-refractivity contribution in [1.82, 2.24) is 14.6 Å². The van der Waals surface area contributed by atoms with Gasteiger partial charge in [0.15, 0.2) is 0 Å². The van der Waals surface area contributed by atoms with E-state index in [1.165, 1.54) is 19.0 Å². The Morgan fingerprint density at radius 1 is 1.33 bits per heavy atom. The molecule has 7 heteroatoms. The summed E-state index contributed by atoms with van der Waals surface area (Å²) in [6, 6.07) is 4.10. The van der Waals surface area contributed by atoms with Gasteiger partial charge in [0.2, 0.25) is 0 Å². The topological polar surface area (TPSA) is 74.3 Å². The third kappa shape index (κ3) is 4.15. The zero-order chi connectivity index (χ0) is 14.7. The van der Waals surface area contributed by atoms with E-state index in [0.717, 1.165) is 19.4 Å². The van der Waals surface area contributed by atoms with E-state index in [2.05, 4.69) is 15.0 Å². The van der Waals surface area contributed by atoms with Crippen LogP contribution >= 0.6 is 0 Å². The van der Waals surface area contributed by atoms with Crippen molar-refractivity contribution < 1.29 is 8.42 Å². The first kappa shape index (κ1) is 14.7. The summed E-state index contributed by atoms with van der Waals surface area (Å²) < 4.78 is 29.0. The number of rotatable bonds is 6. The van der Waals surface area contributed by atoms with Gasteiger partial charge in [-0.15, -0.1) is 0 Å². The predicted molar refractivity (Wildman–Crippen MR) is 82.1 cm³/mol. The molecule has 1 saturated carbocycles. The van der Waals surface area contributed by atoms with Crippen molar-refractivity contribution in [2.45, 2.75) is 31.7 Å². The summed E-state index contributed by atoms with van der Waals surface area (Å²) >= 11 is 0. The van der Waals surface area contributed by atoms with E-state index in [4.69, 9.17) is 0 Å². The largest absolute Gasteiger partial charge is 0.314 e. The Bertz CT molecular complexity index is 560. The van der Waals surface area contributed by atoms with Crippen LogP contribution in [0.1, 0.15) is 25.7 Å². The van der Waals surface area contributed by atoms with E-state index < -0.39 is 10.2 Å². The number of piperidine rings is 1.